The Morgan fingerprint density at radius 2 is 1.70 bits per heavy atom. The molecule has 2 aliphatic rings. The van der Waals surface area contributed by atoms with Crippen molar-refractivity contribution in [1.82, 2.24) is 14.5 Å². The van der Waals surface area contributed by atoms with Crippen LogP contribution < -0.4 is 10.1 Å². The number of benzene rings is 2. The van der Waals surface area contributed by atoms with Gasteiger partial charge in [0.2, 0.25) is 15.9 Å². The normalized spacial score (nSPS) is 20.0. The van der Waals surface area contributed by atoms with Crippen LogP contribution in [-0.4, -0.2) is 56.8 Å². The quantitative estimate of drug-likeness (QED) is 0.640. The zero-order valence-corrected chi connectivity index (χ0v) is 20.0. The summed E-state index contributed by atoms with van der Waals surface area (Å²) in [5.41, 5.74) is 2.36. The van der Waals surface area contributed by atoms with Gasteiger partial charge in [0.15, 0.2) is 0 Å². The molecule has 1 atom stereocenters. The second-order valence-electron chi connectivity index (χ2n) is 8.85. The van der Waals surface area contributed by atoms with Crippen LogP contribution in [0.4, 0.5) is 0 Å². The number of hydrogen-bond acceptors (Lipinski definition) is 5. The minimum Gasteiger partial charge on any atom is -0.497 e. The van der Waals surface area contributed by atoms with Crippen LogP contribution in [0, 0.1) is 5.92 Å². The number of rotatable bonds is 8. The number of piperidine rings is 1. The van der Waals surface area contributed by atoms with Crippen molar-refractivity contribution in [2.45, 2.75) is 43.7 Å². The molecule has 2 aliphatic heterocycles. The maximum atomic E-state index is 13.1. The van der Waals surface area contributed by atoms with Gasteiger partial charge < -0.3 is 10.1 Å². The number of sulfonamides is 1. The van der Waals surface area contributed by atoms with Crippen molar-refractivity contribution in [2.75, 3.05) is 33.3 Å². The Morgan fingerprint density at radius 1 is 1.00 bits per heavy atom. The van der Waals surface area contributed by atoms with Gasteiger partial charge in [0.25, 0.3) is 0 Å². The molecular weight excluding hydrogens is 438 g/mol. The first-order valence-electron chi connectivity index (χ1n) is 11.7. The molecule has 0 aliphatic carbocycles. The van der Waals surface area contributed by atoms with E-state index in [9.17, 15) is 13.2 Å². The van der Waals surface area contributed by atoms with Crippen molar-refractivity contribution in [3.05, 3.63) is 59.7 Å². The maximum absolute atomic E-state index is 13.1. The largest absolute Gasteiger partial charge is 0.497 e. The number of ether oxygens (including phenoxy) is 1. The Morgan fingerprint density at radius 3 is 2.39 bits per heavy atom. The van der Waals surface area contributed by atoms with E-state index < -0.39 is 10.0 Å². The van der Waals surface area contributed by atoms with Crippen LogP contribution in [0.2, 0.25) is 0 Å². The molecule has 1 unspecified atom stereocenters. The van der Waals surface area contributed by atoms with Gasteiger partial charge in [-0.2, -0.15) is 4.31 Å². The highest BCUT2D eigenvalue weighted by Crippen LogP contribution is 2.25. The summed E-state index contributed by atoms with van der Waals surface area (Å²) in [4.78, 5) is 15.6. The third kappa shape index (κ3) is 5.75. The third-order valence-corrected chi connectivity index (χ3v) is 8.50. The topological polar surface area (TPSA) is 79.0 Å². The molecule has 1 N–H and O–H groups in total. The SMILES string of the molecule is COc1ccc(S(=O)(=O)N2CCCC(C(=O)NCc3ccccc3CN3CCCC3)C2)cc1. The van der Waals surface area contributed by atoms with Crippen molar-refractivity contribution in [3.63, 3.8) is 0 Å². The first-order chi connectivity index (χ1) is 16.0. The highest BCUT2D eigenvalue weighted by atomic mass is 32.2. The first kappa shape index (κ1) is 23.7. The van der Waals surface area contributed by atoms with Gasteiger partial charge in [-0.15, -0.1) is 0 Å². The van der Waals surface area contributed by atoms with Gasteiger partial charge in [-0.25, -0.2) is 8.42 Å². The molecule has 178 valence electrons. The van der Waals surface area contributed by atoms with Gasteiger partial charge in [0.1, 0.15) is 5.75 Å². The Balaban J connectivity index is 1.37. The molecular formula is C25H33N3O4S. The number of hydrogen-bond donors (Lipinski definition) is 1. The van der Waals surface area contributed by atoms with E-state index in [1.54, 1.807) is 31.4 Å². The molecule has 0 aromatic heterocycles. The fourth-order valence-corrected chi connectivity index (χ4v) is 6.19. The van der Waals surface area contributed by atoms with Crippen molar-refractivity contribution in [1.29, 1.82) is 0 Å². The summed E-state index contributed by atoms with van der Waals surface area (Å²) >= 11 is 0. The molecule has 0 radical (unpaired) electrons. The van der Waals surface area contributed by atoms with E-state index in [4.69, 9.17) is 4.74 Å². The fraction of sp³-hybridized carbons (Fsp3) is 0.480. The van der Waals surface area contributed by atoms with E-state index in [0.717, 1.165) is 25.2 Å². The number of carbonyl (C=O) groups is 1. The summed E-state index contributed by atoms with van der Waals surface area (Å²) in [7, 11) is -2.10. The summed E-state index contributed by atoms with van der Waals surface area (Å²) in [6, 6.07) is 14.6. The minimum atomic E-state index is -3.65. The number of methoxy groups -OCH3 is 1. The lowest BCUT2D eigenvalue weighted by atomic mass is 9.98. The van der Waals surface area contributed by atoms with Gasteiger partial charge in [-0.1, -0.05) is 24.3 Å². The molecule has 1 amide bonds. The van der Waals surface area contributed by atoms with E-state index in [1.807, 2.05) is 12.1 Å². The number of nitrogens with one attached hydrogen (secondary N) is 1. The zero-order chi connectivity index (χ0) is 23.3. The molecule has 2 aromatic rings. The van der Waals surface area contributed by atoms with Crippen LogP contribution in [0.5, 0.6) is 5.75 Å². The molecule has 2 aromatic carbocycles. The summed E-state index contributed by atoms with van der Waals surface area (Å²) in [6.07, 6.45) is 3.85. The zero-order valence-electron chi connectivity index (χ0n) is 19.2. The molecule has 0 saturated carbocycles. The average molecular weight is 472 g/mol. The van der Waals surface area contributed by atoms with Crippen LogP contribution in [-0.2, 0) is 27.9 Å². The number of carbonyl (C=O) groups excluding carboxylic acids is 1. The summed E-state index contributed by atoms with van der Waals surface area (Å²) < 4.78 is 32.7. The molecule has 0 spiro atoms. The van der Waals surface area contributed by atoms with E-state index >= 15 is 0 Å². The second-order valence-corrected chi connectivity index (χ2v) is 10.8. The van der Waals surface area contributed by atoms with Crippen LogP contribution in [0.1, 0.15) is 36.8 Å². The van der Waals surface area contributed by atoms with Gasteiger partial charge in [0, 0.05) is 26.2 Å². The van der Waals surface area contributed by atoms with Crippen LogP contribution >= 0.6 is 0 Å². The molecule has 2 heterocycles. The van der Waals surface area contributed by atoms with Gasteiger partial charge >= 0.3 is 0 Å². The van der Waals surface area contributed by atoms with Crippen molar-refractivity contribution < 1.29 is 17.9 Å². The highest BCUT2D eigenvalue weighted by molar-refractivity contribution is 7.89. The van der Waals surface area contributed by atoms with E-state index in [0.29, 0.717) is 31.7 Å². The lowest BCUT2D eigenvalue weighted by Crippen LogP contribution is -2.45. The fourth-order valence-electron chi connectivity index (χ4n) is 4.66. The Labute approximate surface area is 196 Å². The second kappa shape index (κ2) is 10.7. The smallest absolute Gasteiger partial charge is 0.243 e. The van der Waals surface area contributed by atoms with E-state index in [1.165, 1.54) is 22.7 Å². The van der Waals surface area contributed by atoms with E-state index in [2.05, 4.69) is 22.3 Å². The lowest BCUT2D eigenvalue weighted by molar-refractivity contribution is -0.126. The molecule has 7 nitrogen and oxygen atoms in total. The van der Waals surface area contributed by atoms with Gasteiger partial charge in [0.05, 0.1) is 17.9 Å². The first-order valence-corrected chi connectivity index (χ1v) is 13.1. The Hall–Kier alpha value is -2.42. The number of amides is 1. The monoisotopic (exact) mass is 471 g/mol. The summed E-state index contributed by atoms with van der Waals surface area (Å²) in [5.74, 6) is 0.174. The van der Waals surface area contributed by atoms with Crippen LogP contribution in [0.3, 0.4) is 0 Å². The number of likely N-dealkylation sites (tertiary alicyclic amines) is 1. The minimum absolute atomic E-state index is 0.0828. The lowest BCUT2D eigenvalue weighted by Gasteiger charge is -2.31. The number of nitrogens with zero attached hydrogens (tertiary/aromatic N) is 2. The van der Waals surface area contributed by atoms with Crippen molar-refractivity contribution in [2.24, 2.45) is 5.92 Å². The molecule has 8 heteroatoms. The average Bonchev–Trinajstić information content (AvgIpc) is 3.36. The molecule has 2 fully saturated rings. The van der Waals surface area contributed by atoms with Gasteiger partial charge in [-0.05, 0) is 74.2 Å². The van der Waals surface area contributed by atoms with Crippen molar-refractivity contribution >= 4 is 15.9 Å². The van der Waals surface area contributed by atoms with E-state index in [-0.39, 0.29) is 23.3 Å². The summed E-state index contributed by atoms with van der Waals surface area (Å²) in [5, 5.41) is 3.07. The predicted molar refractivity (Wildman–Crippen MR) is 127 cm³/mol. The molecule has 33 heavy (non-hydrogen) atoms. The molecule has 0 bridgehead atoms. The van der Waals surface area contributed by atoms with Crippen LogP contribution in [0.25, 0.3) is 0 Å². The highest BCUT2D eigenvalue weighted by Gasteiger charge is 2.33. The van der Waals surface area contributed by atoms with Crippen LogP contribution in [0.15, 0.2) is 53.4 Å². The molecule has 4 rings (SSSR count). The third-order valence-electron chi connectivity index (χ3n) is 6.62. The Kier molecular flexibility index (Phi) is 7.67. The standard InChI is InChI=1S/C25H33N3O4S/c1-32-23-10-12-24(13-11-23)33(30,31)28-16-6-9-22(19-28)25(29)26-17-20-7-2-3-8-21(20)18-27-14-4-5-15-27/h2-3,7-8,10-13,22H,4-6,9,14-19H2,1H3,(H,26,29). The van der Waals surface area contributed by atoms with Gasteiger partial charge in [-0.3, -0.25) is 9.69 Å². The maximum Gasteiger partial charge on any atom is 0.243 e. The van der Waals surface area contributed by atoms with Crippen molar-refractivity contribution in [3.8, 4) is 5.75 Å². The predicted octanol–water partition coefficient (Wildman–Crippen LogP) is 3.01. The molecule has 2 saturated heterocycles. The summed E-state index contributed by atoms with van der Waals surface area (Å²) in [6.45, 7) is 4.25. The Bertz CT molecular complexity index is 1050.